The lowest BCUT2D eigenvalue weighted by Gasteiger charge is -2.19. The first-order chi connectivity index (χ1) is 10.0. The van der Waals surface area contributed by atoms with E-state index in [4.69, 9.17) is 4.74 Å². The van der Waals surface area contributed by atoms with Crippen LogP contribution in [-0.2, 0) is 0 Å². The van der Waals surface area contributed by atoms with Gasteiger partial charge in [0, 0.05) is 16.1 Å². The highest BCUT2D eigenvalue weighted by molar-refractivity contribution is 9.10. The lowest BCUT2D eigenvalue weighted by molar-refractivity contribution is 0.459. The zero-order valence-electron chi connectivity index (χ0n) is 13.0. The second-order valence-electron chi connectivity index (χ2n) is 5.26. The van der Waals surface area contributed by atoms with Crippen LogP contribution in [0.2, 0.25) is 0 Å². The summed E-state index contributed by atoms with van der Waals surface area (Å²) in [5.41, 5.74) is 3.59. The Hall–Kier alpha value is -1.32. The fourth-order valence-corrected chi connectivity index (χ4v) is 2.66. The van der Waals surface area contributed by atoms with E-state index in [0.717, 1.165) is 22.5 Å². The highest BCUT2D eigenvalue weighted by atomic mass is 79.9. The van der Waals surface area contributed by atoms with E-state index in [1.54, 1.807) is 0 Å². The lowest BCUT2D eigenvalue weighted by atomic mass is 10.1. The molecule has 0 aliphatic rings. The average molecular weight is 348 g/mol. The number of hydrogen-bond donors (Lipinski definition) is 1. The van der Waals surface area contributed by atoms with E-state index in [-0.39, 0.29) is 6.04 Å². The Kier molecular flexibility index (Phi) is 5.43. The molecule has 0 amide bonds. The van der Waals surface area contributed by atoms with Crippen molar-refractivity contribution in [3.8, 4) is 11.5 Å². The Labute approximate surface area is 135 Å². The molecule has 0 aliphatic carbocycles. The number of benzene rings is 2. The van der Waals surface area contributed by atoms with Crippen LogP contribution < -0.4 is 10.1 Å². The van der Waals surface area contributed by atoms with Gasteiger partial charge < -0.3 is 10.1 Å². The van der Waals surface area contributed by atoms with Gasteiger partial charge in [0.1, 0.15) is 11.5 Å². The first-order valence-corrected chi connectivity index (χ1v) is 8.09. The maximum atomic E-state index is 6.20. The van der Waals surface area contributed by atoms with E-state index < -0.39 is 0 Å². The van der Waals surface area contributed by atoms with Crippen LogP contribution in [0.15, 0.2) is 40.9 Å². The summed E-state index contributed by atoms with van der Waals surface area (Å²) >= 11 is 3.53. The van der Waals surface area contributed by atoms with Crippen LogP contribution in [0.25, 0.3) is 0 Å². The van der Waals surface area contributed by atoms with E-state index in [2.05, 4.69) is 67.1 Å². The van der Waals surface area contributed by atoms with Crippen LogP contribution in [0.4, 0.5) is 0 Å². The summed E-state index contributed by atoms with van der Waals surface area (Å²) in [6.07, 6.45) is 0. The molecule has 0 aliphatic heterocycles. The van der Waals surface area contributed by atoms with Crippen molar-refractivity contribution in [3.63, 3.8) is 0 Å². The van der Waals surface area contributed by atoms with Gasteiger partial charge in [-0.05, 0) is 56.6 Å². The SMILES string of the molecule is CCNC(C)c1ccc(Br)cc1Oc1cccc(C)c1C. The van der Waals surface area contributed by atoms with Crippen molar-refractivity contribution in [2.75, 3.05) is 6.54 Å². The first-order valence-electron chi connectivity index (χ1n) is 7.29. The molecule has 0 spiro atoms. The standard InChI is InChI=1S/C18H22BrNO/c1-5-20-14(4)16-10-9-15(19)11-18(16)21-17-8-6-7-12(2)13(17)3/h6-11,14,20H,5H2,1-4H3. The molecule has 1 atom stereocenters. The maximum absolute atomic E-state index is 6.20. The number of rotatable bonds is 5. The van der Waals surface area contributed by atoms with Gasteiger partial charge >= 0.3 is 0 Å². The molecule has 0 saturated carbocycles. The zero-order valence-corrected chi connectivity index (χ0v) is 14.6. The minimum Gasteiger partial charge on any atom is -0.457 e. The summed E-state index contributed by atoms with van der Waals surface area (Å²) in [4.78, 5) is 0. The summed E-state index contributed by atoms with van der Waals surface area (Å²) in [6.45, 7) is 9.39. The highest BCUT2D eigenvalue weighted by Crippen LogP contribution is 2.34. The molecule has 21 heavy (non-hydrogen) atoms. The quantitative estimate of drug-likeness (QED) is 0.767. The Bertz CT molecular complexity index is 625. The molecule has 0 fully saturated rings. The number of ether oxygens (including phenoxy) is 1. The molecule has 1 unspecified atom stereocenters. The van der Waals surface area contributed by atoms with Crippen molar-refractivity contribution in [3.05, 3.63) is 57.6 Å². The van der Waals surface area contributed by atoms with Crippen LogP contribution in [0.1, 0.15) is 36.6 Å². The molecule has 0 aromatic heterocycles. The van der Waals surface area contributed by atoms with Crippen molar-refractivity contribution in [1.29, 1.82) is 0 Å². The summed E-state index contributed by atoms with van der Waals surface area (Å²) in [5.74, 6) is 1.81. The second kappa shape index (κ2) is 7.10. The van der Waals surface area contributed by atoms with Crippen molar-refractivity contribution in [1.82, 2.24) is 5.32 Å². The Morgan fingerprint density at radius 1 is 1.14 bits per heavy atom. The van der Waals surface area contributed by atoms with Crippen LogP contribution in [0, 0.1) is 13.8 Å². The van der Waals surface area contributed by atoms with Crippen LogP contribution in [0.3, 0.4) is 0 Å². The fraction of sp³-hybridized carbons (Fsp3) is 0.333. The molecule has 2 aromatic rings. The largest absolute Gasteiger partial charge is 0.457 e. The number of hydrogen-bond acceptors (Lipinski definition) is 2. The van der Waals surface area contributed by atoms with Gasteiger partial charge in [0.25, 0.3) is 0 Å². The van der Waals surface area contributed by atoms with Gasteiger partial charge in [-0.3, -0.25) is 0 Å². The third-order valence-electron chi connectivity index (χ3n) is 3.73. The maximum Gasteiger partial charge on any atom is 0.133 e. The van der Waals surface area contributed by atoms with E-state index in [1.165, 1.54) is 16.7 Å². The highest BCUT2D eigenvalue weighted by Gasteiger charge is 2.13. The van der Waals surface area contributed by atoms with E-state index in [0.29, 0.717) is 0 Å². The smallest absolute Gasteiger partial charge is 0.133 e. The van der Waals surface area contributed by atoms with Crippen molar-refractivity contribution >= 4 is 15.9 Å². The minimum absolute atomic E-state index is 0.253. The van der Waals surface area contributed by atoms with Crippen LogP contribution >= 0.6 is 15.9 Å². The molecule has 2 rings (SSSR count). The van der Waals surface area contributed by atoms with Gasteiger partial charge in [-0.1, -0.05) is 41.1 Å². The topological polar surface area (TPSA) is 21.3 Å². The molecule has 3 heteroatoms. The van der Waals surface area contributed by atoms with Crippen LogP contribution in [-0.4, -0.2) is 6.54 Å². The Morgan fingerprint density at radius 2 is 1.90 bits per heavy atom. The number of aryl methyl sites for hydroxylation is 1. The molecular formula is C18H22BrNO. The van der Waals surface area contributed by atoms with Gasteiger partial charge in [0.15, 0.2) is 0 Å². The Morgan fingerprint density at radius 3 is 2.62 bits per heavy atom. The lowest BCUT2D eigenvalue weighted by Crippen LogP contribution is -2.18. The van der Waals surface area contributed by atoms with E-state index >= 15 is 0 Å². The van der Waals surface area contributed by atoms with Gasteiger partial charge in [-0.15, -0.1) is 0 Å². The van der Waals surface area contributed by atoms with E-state index in [1.807, 2.05) is 18.2 Å². The monoisotopic (exact) mass is 347 g/mol. The molecule has 0 bridgehead atoms. The fourth-order valence-electron chi connectivity index (χ4n) is 2.32. The zero-order chi connectivity index (χ0) is 15.4. The van der Waals surface area contributed by atoms with Crippen molar-refractivity contribution in [2.24, 2.45) is 0 Å². The number of nitrogens with one attached hydrogen (secondary N) is 1. The normalized spacial score (nSPS) is 12.2. The van der Waals surface area contributed by atoms with E-state index in [9.17, 15) is 0 Å². The summed E-state index contributed by atoms with van der Waals surface area (Å²) in [7, 11) is 0. The predicted molar refractivity (Wildman–Crippen MR) is 92.2 cm³/mol. The molecule has 1 N–H and O–H groups in total. The summed E-state index contributed by atoms with van der Waals surface area (Å²) in [5, 5.41) is 3.44. The molecule has 2 nitrogen and oxygen atoms in total. The average Bonchev–Trinajstić information content (AvgIpc) is 2.44. The third kappa shape index (κ3) is 3.86. The summed E-state index contributed by atoms with van der Waals surface area (Å²) in [6, 6.07) is 12.6. The number of halogens is 1. The minimum atomic E-state index is 0.253. The van der Waals surface area contributed by atoms with Crippen molar-refractivity contribution < 1.29 is 4.74 Å². The molecular weight excluding hydrogens is 326 g/mol. The molecule has 0 radical (unpaired) electrons. The molecule has 112 valence electrons. The molecule has 2 aromatic carbocycles. The third-order valence-corrected chi connectivity index (χ3v) is 4.22. The summed E-state index contributed by atoms with van der Waals surface area (Å²) < 4.78 is 7.22. The molecule has 0 saturated heterocycles. The molecule has 0 heterocycles. The van der Waals surface area contributed by atoms with Crippen molar-refractivity contribution in [2.45, 2.75) is 33.7 Å². The Balaban J connectivity index is 2.38. The van der Waals surface area contributed by atoms with Gasteiger partial charge in [-0.25, -0.2) is 0 Å². The van der Waals surface area contributed by atoms with Crippen LogP contribution in [0.5, 0.6) is 11.5 Å². The predicted octanol–water partition coefficient (Wildman–Crippen LogP) is 5.53. The van der Waals surface area contributed by atoms with Gasteiger partial charge in [0.2, 0.25) is 0 Å². The van der Waals surface area contributed by atoms with Gasteiger partial charge in [-0.2, -0.15) is 0 Å². The van der Waals surface area contributed by atoms with Gasteiger partial charge in [0.05, 0.1) is 0 Å². The second-order valence-corrected chi connectivity index (χ2v) is 6.18. The first kappa shape index (κ1) is 16.1.